The van der Waals surface area contributed by atoms with Crippen molar-refractivity contribution in [2.45, 2.75) is 6.17 Å². The summed E-state index contributed by atoms with van der Waals surface area (Å²) < 4.78 is 0. The molecule has 0 amide bonds. The van der Waals surface area contributed by atoms with Crippen LogP contribution in [0.25, 0.3) is 55.3 Å². The van der Waals surface area contributed by atoms with E-state index in [1.807, 2.05) is 66.7 Å². The Kier molecular flexibility index (Phi) is 10.1. The maximum absolute atomic E-state index is 8.54. The number of para-hydroxylation sites is 1. The van der Waals surface area contributed by atoms with Crippen LogP contribution in [-0.2, 0) is 0 Å². The van der Waals surface area contributed by atoms with Crippen molar-refractivity contribution in [3.8, 4) is 44.5 Å². The molecule has 9 aromatic rings. The predicted molar refractivity (Wildman–Crippen MR) is 254 cm³/mol. The first-order valence-corrected chi connectivity index (χ1v) is 20.5. The maximum atomic E-state index is 8.54. The third-order valence-electron chi connectivity index (χ3n) is 11.2. The Balaban J connectivity index is 0.937. The van der Waals surface area contributed by atoms with E-state index >= 15 is 0 Å². The van der Waals surface area contributed by atoms with Crippen molar-refractivity contribution < 1.29 is 0 Å². The van der Waals surface area contributed by atoms with Crippen LogP contribution >= 0.6 is 0 Å². The number of hydrogen-bond acceptors (Lipinski definition) is 4. The van der Waals surface area contributed by atoms with Crippen molar-refractivity contribution >= 4 is 34.0 Å². The average molecular weight is 784 g/mol. The van der Waals surface area contributed by atoms with E-state index in [0.29, 0.717) is 11.7 Å². The molecule has 0 aromatic heterocycles. The minimum atomic E-state index is -0.307. The van der Waals surface area contributed by atoms with E-state index in [0.717, 1.165) is 61.6 Å². The van der Waals surface area contributed by atoms with Gasteiger partial charge in [-0.1, -0.05) is 206 Å². The number of fused-ring (bicyclic) bond motifs is 1. The fourth-order valence-corrected chi connectivity index (χ4v) is 8.03. The quantitative estimate of drug-likeness (QED) is 0.101. The van der Waals surface area contributed by atoms with E-state index in [-0.39, 0.29) is 6.17 Å². The van der Waals surface area contributed by atoms with Crippen LogP contribution in [-0.4, -0.2) is 17.5 Å². The molecule has 0 radical (unpaired) electrons. The van der Waals surface area contributed by atoms with Gasteiger partial charge < -0.3 is 10.6 Å². The number of hydrogen-bond donors (Lipinski definition) is 3. The summed E-state index contributed by atoms with van der Waals surface area (Å²) in [5.41, 5.74) is 13.9. The molecular weight excluding hydrogens is 743 g/mol. The molecule has 1 heterocycles. The molecule has 0 spiro atoms. The molecule has 0 saturated heterocycles. The highest BCUT2D eigenvalue weighted by Gasteiger charge is 2.22. The third kappa shape index (κ3) is 7.88. The molecule has 1 aliphatic rings. The summed E-state index contributed by atoms with van der Waals surface area (Å²) in [6, 6.07) is 77.8. The van der Waals surface area contributed by atoms with Crippen LogP contribution in [0.3, 0.4) is 0 Å². The van der Waals surface area contributed by atoms with E-state index in [2.05, 4.69) is 168 Å². The molecular formula is C56H41N5. The van der Waals surface area contributed by atoms with E-state index in [1.54, 1.807) is 0 Å². The monoisotopic (exact) mass is 783 g/mol. The summed E-state index contributed by atoms with van der Waals surface area (Å²) in [7, 11) is 0. The fourth-order valence-electron chi connectivity index (χ4n) is 8.03. The molecule has 0 bridgehead atoms. The topological polar surface area (TPSA) is 72.6 Å². The molecule has 0 aliphatic carbocycles. The van der Waals surface area contributed by atoms with E-state index in [9.17, 15) is 0 Å². The lowest BCUT2D eigenvalue weighted by Gasteiger charge is -2.24. The second-order valence-corrected chi connectivity index (χ2v) is 15.1. The zero-order valence-corrected chi connectivity index (χ0v) is 33.3. The largest absolute Gasteiger partial charge is 0.344 e. The molecule has 1 aliphatic heterocycles. The number of rotatable bonds is 9. The molecule has 290 valence electrons. The zero-order chi connectivity index (χ0) is 41.0. The number of amidine groups is 3. The van der Waals surface area contributed by atoms with Crippen LogP contribution in [0.4, 0.5) is 5.69 Å². The zero-order valence-electron chi connectivity index (χ0n) is 33.3. The first kappa shape index (κ1) is 37.1. The summed E-state index contributed by atoms with van der Waals surface area (Å²) >= 11 is 0. The molecule has 1 atom stereocenters. The number of benzene rings is 9. The molecule has 3 N–H and O–H groups in total. The minimum Gasteiger partial charge on any atom is -0.344 e. The molecule has 0 fully saturated rings. The lowest BCUT2D eigenvalue weighted by atomic mass is 9.91. The highest BCUT2D eigenvalue weighted by atomic mass is 15.2. The minimum absolute atomic E-state index is 0.307. The summed E-state index contributed by atoms with van der Waals surface area (Å²) in [5.74, 6) is 1.85. The highest BCUT2D eigenvalue weighted by Crippen LogP contribution is 2.36. The Labute approximate surface area is 356 Å². The second kappa shape index (κ2) is 16.6. The van der Waals surface area contributed by atoms with Gasteiger partial charge in [0.1, 0.15) is 17.8 Å². The van der Waals surface area contributed by atoms with Crippen LogP contribution in [0.5, 0.6) is 0 Å². The Morgan fingerprint density at radius 3 is 1.54 bits per heavy atom. The average Bonchev–Trinajstić information content (AvgIpc) is 3.34. The standard InChI is InChI=1S/C56H41N5/c57-53(58-48-19-8-3-9-20-48)43-33-27-41(28-34-43)40-25-31-42(32-26-40)49-21-11-24-52-50(22-12-23-51(49)52)46-17-10-18-47(37-46)56-60-54(44-15-6-2-7-16-44)59-55(61-56)45-35-29-39(30-36-45)38-13-4-1-5-14-38/h1-37,55H,(H2,57,58)(H,59,60,61). The van der Waals surface area contributed by atoms with Gasteiger partial charge in [-0.2, -0.15) is 0 Å². The molecule has 10 rings (SSSR count). The van der Waals surface area contributed by atoms with Gasteiger partial charge >= 0.3 is 0 Å². The summed E-state index contributed by atoms with van der Waals surface area (Å²) in [6.45, 7) is 0. The normalized spacial score (nSPS) is 13.5. The molecule has 5 heteroatoms. The van der Waals surface area contributed by atoms with Crippen molar-refractivity contribution in [2.75, 3.05) is 5.32 Å². The summed E-state index contributed by atoms with van der Waals surface area (Å²) in [6.07, 6.45) is -0.307. The first-order valence-electron chi connectivity index (χ1n) is 20.5. The Morgan fingerprint density at radius 2 is 0.902 bits per heavy atom. The highest BCUT2D eigenvalue weighted by molar-refractivity contribution is 6.14. The Morgan fingerprint density at radius 1 is 0.426 bits per heavy atom. The number of nitrogens with one attached hydrogen (secondary N) is 3. The van der Waals surface area contributed by atoms with Gasteiger partial charge in [0.15, 0.2) is 5.84 Å². The van der Waals surface area contributed by atoms with Gasteiger partial charge in [-0.15, -0.1) is 0 Å². The summed E-state index contributed by atoms with van der Waals surface area (Å²) in [4.78, 5) is 10.3. The van der Waals surface area contributed by atoms with Crippen molar-refractivity contribution in [1.82, 2.24) is 5.32 Å². The second-order valence-electron chi connectivity index (χ2n) is 15.1. The number of nitrogens with zero attached hydrogens (tertiary/aromatic N) is 2. The van der Waals surface area contributed by atoms with Gasteiger partial charge in [-0.3, -0.25) is 5.41 Å². The van der Waals surface area contributed by atoms with Gasteiger partial charge in [0.05, 0.1) is 0 Å². The number of aliphatic imine (C=N–C) groups is 2. The van der Waals surface area contributed by atoms with Crippen molar-refractivity contribution in [2.24, 2.45) is 9.98 Å². The molecule has 0 saturated carbocycles. The van der Waals surface area contributed by atoms with E-state index in [4.69, 9.17) is 15.4 Å². The van der Waals surface area contributed by atoms with Gasteiger partial charge in [-0.25, -0.2) is 9.98 Å². The molecule has 61 heavy (non-hydrogen) atoms. The van der Waals surface area contributed by atoms with Crippen molar-refractivity contribution in [3.05, 3.63) is 247 Å². The Bertz CT molecular complexity index is 3050. The molecule has 1 unspecified atom stereocenters. The predicted octanol–water partition coefficient (Wildman–Crippen LogP) is 13.4. The SMILES string of the molecule is N=C(Nc1ccccc1)c1ccc(-c2ccc(-c3cccc4c(-c5cccc(C6=NC(c7ccc(-c8ccccc8)cc7)NC(c7ccccc7)=N6)c5)cccc34)cc2)cc1. The van der Waals surface area contributed by atoms with Crippen LogP contribution in [0.1, 0.15) is 28.4 Å². The lowest BCUT2D eigenvalue weighted by molar-refractivity contribution is 0.674. The van der Waals surface area contributed by atoms with Gasteiger partial charge in [0.25, 0.3) is 0 Å². The lowest BCUT2D eigenvalue weighted by Crippen LogP contribution is -2.33. The van der Waals surface area contributed by atoms with Crippen molar-refractivity contribution in [1.29, 1.82) is 5.41 Å². The smallest absolute Gasteiger partial charge is 0.159 e. The van der Waals surface area contributed by atoms with E-state index in [1.165, 1.54) is 27.5 Å². The third-order valence-corrected chi connectivity index (χ3v) is 11.2. The van der Waals surface area contributed by atoms with E-state index < -0.39 is 0 Å². The van der Waals surface area contributed by atoms with Crippen LogP contribution < -0.4 is 10.6 Å². The van der Waals surface area contributed by atoms with Crippen LogP contribution in [0, 0.1) is 5.41 Å². The van der Waals surface area contributed by atoms with Gasteiger partial charge in [0, 0.05) is 22.4 Å². The Hall–Kier alpha value is -8.15. The molecule has 9 aromatic carbocycles. The first-order chi connectivity index (χ1) is 30.1. The van der Waals surface area contributed by atoms with Crippen LogP contribution in [0.2, 0.25) is 0 Å². The van der Waals surface area contributed by atoms with Gasteiger partial charge in [-0.05, 0) is 79.0 Å². The van der Waals surface area contributed by atoms with Crippen LogP contribution in [0.15, 0.2) is 234 Å². The van der Waals surface area contributed by atoms with Crippen molar-refractivity contribution in [3.63, 3.8) is 0 Å². The maximum Gasteiger partial charge on any atom is 0.159 e. The fraction of sp³-hybridized carbons (Fsp3) is 0.0179. The van der Waals surface area contributed by atoms with Gasteiger partial charge in [0.2, 0.25) is 0 Å². The summed E-state index contributed by atoms with van der Waals surface area (Å²) in [5, 5.41) is 17.7. The number of anilines is 1. The molecule has 5 nitrogen and oxygen atoms in total.